The molecule has 0 aliphatic carbocycles. The number of halogens is 3. The van der Waals surface area contributed by atoms with E-state index in [1.54, 1.807) is 19.2 Å². The summed E-state index contributed by atoms with van der Waals surface area (Å²) in [5.41, 5.74) is 1.18. The molecular formula is C19H22F2IN5O2. The number of hydrogen-bond donors (Lipinski definition) is 2. The van der Waals surface area contributed by atoms with Gasteiger partial charge in [0.15, 0.2) is 5.96 Å². The number of hydrogen-bond acceptors (Lipinski definition) is 4. The van der Waals surface area contributed by atoms with Gasteiger partial charge in [-0.3, -0.25) is 15.1 Å². The van der Waals surface area contributed by atoms with E-state index in [0.29, 0.717) is 31.3 Å². The topological polar surface area (TPSA) is 82.8 Å². The molecule has 10 heteroatoms. The Kier molecular flexibility index (Phi) is 8.11. The summed E-state index contributed by atoms with van der Waals surface area (Å²) in [5.74, 6) is -0.618. The van der Waals surface area contributed by atoms with E-state index in [-0.39, 0.29) is 35.7 Å². The molecule has 0 aromatic heterocycles. The average Bonchev–Trinajstić information content (AvgIpc) is 3.13. The molecule has 2 N–H and O–H groups in total. The first-order valence-electron chi connectivity index (χ1n) is 8.87. The zero-order chi connectivity index (χ0) is 20.1. The minimum Gasteiger partial charge on any atom is -0.367 e. The summed E-state index contributed by atoms with van der Waals surface area (Å²) in [6.07, 6.45) is 0.772. The molecule has 0 bridgehead atoms. The molecule has 1 heterocycles. The fourth-order valence-corrected chi connectivity index (χ4v) is 3.19. The Labute approximate surface area is 184 Å². The SMILES string of the molecule is CN=C(NCc1cccc([N+](=O)[O-])c1)NC1CCN(c2ccc(F)cc2F)C1.I. The zero-order valence-electron chi connectivity index (χ0n) is 15.8. The van der Waals surface area contributed by atoms with Crippen LogP contribution in [0, 0.1) is 21.7 Å². The molecule has 1 unspecified atom stereocenters. The Morgan fingerprint density at radius 1 is 1.31 bits per heavy atom. The summed E-state index contributed by atoms with van der Waals surface area (Å²) < 4.78 is 27.1. The second-order valence-corrected chi connectivity index (χ2v) is 6.52. The predicted molar refractivity (Wildman–Crippen MR) is 119 cm³/mol. The number of rotatable bonds is 5. The van der Waals surface area contributed by atoms with Gasteiger partial charge in [0.2, 0.25) is 0 Å². The molecule has 1 saturated heterocycles. The minimum absolute atomic E-state index is 0. The first-order valence-corrected chi connectivity index (χ1v) is 8.87. The van der Waals surface area contributed by atoms with E-state index in [9.17, 15) is 18.9 Å². The number of nitrogens with one attached hydrogen (secondary N) is 2. The van der Waals surface area contributed by atoms with Crippen LogP contribution in [0.15, 0.2) is 47.5 Å². The Morgan fingerprint density at radius 2 is 2.10 bits per heavy atom. The monoisotopic (exact) mass is 517 g/mol. The van der Waals surface area contributed by atoms with E-state index in [4.69, 9.17) is 0 Å². The maximum atomic E-state index is 14.0. The molecule has 0 saturated carbocycles. The molecule has 1 atom stereocenters. The van der Waals surface area contributed by atoms with Crippen molar-refractivity contribution in [3.05, 3.63) is 69.8 Å². The van der Waals surface area contributed by atoms with Gasteiger partial charge in [0.25, 0.3) is 5.69 Å². The van der Waals surface area contributed by atoms with Crippen molar-refractivity contribution < 1.29 is 13.7 Å². The van der Waals surface area contributed by atoms with Crippen molar-refractivity contribution in [3.8, 4) is 0 Å². The molecule has 0 radical (unpaired) electrons. The van der Waals surface area contributed by atoms with E-state index < -0.39 is 16.6 Å². The number of guanidine groups is 1. The first-order chi connectivity index (χ1) is 13.5. The number of non-ortho nitro benzene ring substituents is 1. The van der Waals surface area contributed by atoms with Gasteiger partial charge in [-0.25, -0.2) is 8.78 Å². The summed E-state index contributed by atoms with van der Waals surface area (Å²) in [4.78, 5) is 16.5. The second-order valence-electron chi connectivity index (χ2n) is 6.52. The van der Waals surface area contributed by atoms with Crippen molar-refractivity contribution in [1.29, 1.82) is 0 Å². The highest BCUT2D eigenvalue weighted by Crippen LogP contribution is 2.24. The molecule has 0 amide bonds. The lowest BCUT2D eigenvalue weighted by Gasteiger charge is -2.21. The summed E-state index contributed by atoms with van der Waals surface area (Å²) in [7, 11) is 1.63. The highest BCUT2D eigenvalue weighted by atomic mass is 127. The van der Waals surface area contributed by atoms with Gasteiger partial charge in [-0.1, -0.05) is 12.1 Å². The van der Waals surface area contributed by atoms with Gasteiger partial charge in [-0.2, -0.15) is 0 Å². The molecule has 29 heavy (non-hydrogen) atoms. The number of anilines is 1. The lowest BCUT2D eigenvalue weighted by atomic mass is 10.2. The molecule has 3 rings (SSSR count). The second kappa shape index (κ2) is 10.3. The zero-order valence-corrected chi connectivity index (χ0v) is 18.1. The lowest BCUT2D eigenvalue weighted by molar-refractivity contribution is -0.384. The van der Waals surface area contributed by atoms with Crippen LogP contribution < -0.4 is 15.5 Å². The maximum Gasteiger partial charge on any atom is 0.269 e. The van der Waals surface area contributed by atoms with Crippen LogP contribution in [0.3, 0.4) is 0 Å². The normalized spacial score (nSPS) is 16.3. The molecule has 1 aliphatic heterocycles. The Hall–Kier alpha value is -2.50. The Bertz CT molecular complexity index is 897. The number of nitrogens with zero attached hydrogens (tertiary/aromatic N) is 3. The van der Waals surface area contributed by atoms with Gasteiger partial charge in [-0.05, 0) is 24.1 Å². The van der Waals surface area contributed by atoms with E-state index in [1.807, 2.05) is 4.90 Å². The molecule has 2 aromatic rings. The summed E-state index contributed by atoms with van der Waals surface area (Å²) in [6.45, 7) is 1.58. The summed E-state index contributed by atoms with van der Waals surface area (Å²) in [5, 5.41) is 17.3. The molecule has 1 aliphatic rings. The average molecular weight is 517 g/mol. The highest BCUT2D eigenvalue weighted by molar-refractivity contribution is 14.0. The number of aliphatic imine (C=N–C) groups is 1. The predicted octanol–water partition coefficient (Wildman–Crippen LogP) is 3.43. The first kappa shape index (κ1) is 22.8. The van der Waals surface area contributed by atoms with E-state index in [2.05, 4.69) is 15.6 Å². The quantitative estimate of drug-likeness (QED) is 0.209. The van der Waals surface area contributed by atoms with Crippen LogP contribution in [0.2, 0.25) is 0 Å². The van der Waals surface area contributed by atoms with Crippen LogP contribution >= 0.6 is 24.0 Å². The molecule has 0 spiro atoms. The van der Waals surface area contributed by atoms with Crippen LogP contribution in [0.25, 0.3) is 0 Å². The number of nitro groups is 1. The van der Waals surface area contributed by atoms with E-state index in [0.717, 1.165) is 18.1 Å². The van der Waals surface area contributed by atoms with Gasteiger partial charge in [0.1, 0.15) is 11.6 Å². The molecule has 2 aromatic carbocycles. The van der Waals surface area contributed by atoms with Crippen molar-refractivity contribution in [2.75, 3.05) is 25.0 Å². The van der Waals surface area contributed by atoms with Gasteiger partial charge in [-0.15, -0.1) is 24.0 Å². The number of benzene rings is 2. The lowest BCUT2D eigenvalue weighted by Crippen LogP contribution is -2.44. The van der Waals surface area contributed by atoms with Crippen molar-refractivity contribution in [3.63, 3.8) is 0 Å². The maximum absolute atomic E-state index is 14.0. The third-order valence-corrected chi connectivity index (χ3v) is 4.58. The Morgan fingerprint density at radius 3 is 2.79 bits per heavy atom. The molecule has 156 valence electrons. The minimum atomic E-state index is -0.596. The fourth-order valence-electron chi connectivity index (χ4n) is 3.19. The third-order valence-electron chi connectivity index (χ3n) is 4.58. The van der Waals surface area contributed by atoms with Crippen LogP contribution in [0.1, 0.15) is 12.0 Å². The van der Waals surface area contributed by atoms with Gasteiger partial charge < -0.3 is 15.5 Å². The molecule has 1 fully saturated rings. The molecule has 7 nitrogen and oxygen atoms in total. The van der Waals surface area contributed by atoms with Crippen LogP contribution in [0.4, 0.5) is 20.2 Å². The van der Waals surface area contributed by atoms with Crippen molar-refractivity contribution in [2.24, 2.45) is 4.99 Å². The van der Waals surface area contributed by atoms with Gasteiger partial charge in [0.05, 0.1) is 10.6 Å². The smallest absolute Gasteiger partial charge is 0.269 e. The van der Waals surface area contributed by atoms with Crippen LogP contribution in [0.5, 0.6) is 0 Å². The van der Waals surface area contributed by atoms with Crippen LogP contribution in [-0.4, -0.2) is 37.1 Å². The van der Waals surface area contributed by atoms with Crippen molar-refractivity contribution in [1.82, 2.24) is 10.6 Å². The highest BCUT2D eigenvalue weighted by Gasteiger charge is 2.25. The molecular weight excluding hydrogens is 495 g/mol. The summed E-state index contributed by atoms with van der Waals surface area (Å²) in [6, 6.07) is 10.0. The van der Waals surface area contributed by atoms with Crippen molar-refractivity contribution >= 4 is 41.3 Å². The number of nitro benzene ring substituents is 1. The third kappa shape index (κ3) is 5.99. The van der Waals surface area contributed by atoms with Crippen LogP contribution in [-0.2, 0) is 6.54 Å². The van der Waals surface area contributed by atoms with E-state index in [1.165, 1.54) is 24.3 Å². The van der Waals surface area contributed by atoms with Gasteiger partial charge >= 0.3 is 0 Å². The largest absolute Gasteiger partial charge is 0.367 e. The Balaban J connectivity index is 0.00000300. The van der Waals surface area contributed by atoms with Gasteiger partial charge in [0, 0.05) is 50.9 Å². The standard InChI is InChI=1S/C19H21F2N5O2.HI/c1-22-19(23-11-13-3-2-4-16(9-13)26(27)28)24-15-7-8-25(12-15)18-6-5-14(20)10-17(18)21;/h2-6,9-10,15H,7-8,11-12H2,1H3,(H2,22,23,24);1H. The summed E-state index contributed by atoms with van der Waals surface area (Å²) >= 11 is 0. The van der Waals surface area contributed by atoms with E-state index >= 15 is 0 Å². The fraction of sp³-hybridized carbons (Fsp3) is 0.316. The van der Waals surface area contributed by atoms with Crippen molar-refractivity contribution in [2.45, 2.75) is 19.0 Å².